The molecule has 0 fully saturated rings. The number of H-pyrrole nitrogens is 1. The molecule has 0 aliphatic carbocycles. The van der Waals surface area contributed by atoms with E-state index in [1.807, 2.05) is 63.2 Å². The van der Waals surface area contributed by atoms with Crippen LogP contribution >= 0.6 is 15.9 Å². The molecule has 0 spiro atoms. The summed E-state index contributed by atoms with van der Waals surface area (Å²) in [6.45, 7) is 6.15. The largest absolute Gasteiger partial charge is 0.455 e. The maximum Gasteiger partial charge on any atom is 0.256 e. The summed E-state index contributed by atoms with van der Waals surface area (Å²) in [4.78, 5) is 17.5. The first-order chi connectivity index (χ1) is 16.0. The van der Waals surface area contributed by atoms with E-state index in [-0.39, 0.29) is 5.56 Å². The SMILES string of the molecule is CCc1nc(C)c(C)c(=O)n1Cc1ccc2oc(-c3ccccc3-c3nn[nH]n3)c(Br)c2c1. The highest BCUT2D eigenvalue weighted by Crippen LogP contribution is 2.41. The minimum absolute atomic E-state index is 0.000402. The maximum absolute atomic E-state index is 12.9. The molecule has 0 radical (unpaired) electrons. The van der Waals surface area contributed by atoms with Crippen molar-refractivity contribution < 1.29 is 4.42 Å². The summed E-state index contributed by atoms with van der Waals surface area (Å²) in [6.07, 6.45) is 0.686. The number of hydrogen-bond donors (Lipinski definition) is 1. The minimum atomic E-state index is 0.000402. The first-order valence-electron chi connectivity index (χ1n) is 10.6. The number of tetrazole rings is 1. The quantitative estimate of drug-likeness (QED) is 0.367. The zero-order chi connectivity index (χ0) is 23.1. The Labute approximate surface area is 197 Å². The van der Waals surface area contributed by atoms with E-state index in [0.29, 0.717) is 30.1 Å². The maximum atomic E-state index is 12.9. The smallest absolute Gasteiger partial charge is 0.256 e. The molecule has 0 aliphatic rings. The summed E-state index contributed by atoms with van der Waals surface area (Å²) in [5.74, 6) is 1.96. The van der Waals surface area contributed by atoms with Gasteiger partial charge in [0.1, 0.15) is 17.2 Å². The average Bonchev–Trinajstić information content (AvgIpc) is 3.48. The van der Waals surface area contributed by atoms with Crippen LogP contribution in [0.25, 0.3) is 33.7 Å². The molecule has 3 aromatic heterocycles. The van der Waals surface area contributed by atoms with Crippen molar-refractivity contribution in [2.24, 2.45) is 0 Å². The number of hydrogen-bond acceptors (Lipinski definition) is 6. The lowest BCUT2D eigenvalue weighted by Crippen LogP contribution is -2.28. The molecule has 0 unspecified atom stereocenters. The average molecular weight is 505 g/mol. The van der Waals surface area contributed by atoms with E-state index < -0.39 is 0 Å². The number of aromatic nitrogens is 6. The molecule has 0 bridgehead atoms. The molecule has 0 saturated carbocycles. The summed E-state index contributed by atoms with van der Waals surface area (Å²) in [7, 11) is 0. The Balaban J connectivity index is 1.60. The molecule has 1 N–H and O–H groups in total. The van der Waals surface area contributed by atoms with Gasteiger partial charge in [0.25, 0.3) is 5.56 Å². The van der Waals surface area contributed by atoms with Crippen LogP contribution in [0.4, 0.5) is 0 Å². The van der Waals surface area contributed by atoms with Crippen LogP contribution in [-0.4, -0.2) is 30.2 Å². The first-order valence-corrected chi connectivity index (χ1v) is 11.4. The summed E-state index contributed by atoms with van der Waals surface area (Å²) in [6, 6.07) is 13.7. The monoisotopic (exact) mass is 504 g/mol. The molecule has 0 amide bonds. The van der Waals surface area contributed by atoms with Gasteiger partial charge in [0.2, 0.25) is 5.82 Å². The van der Waals surface area contributed by atoms with Gasteiger partial charge in [-0.3, -0.25) is 9.36 Å². The second-order valence-corrected chi connectivity index (χ2v) is 8.63. The van der Waals surface area contributed by atoms with Gasteiger partial charge in [0, 0.05) is 34.2 Å². The van der Waals surface area contributed by atoms with E-state index in [4.69, 9.17) is 4.42 Å². The third-order valence-corrected chi connectivity index (χ3v) is 6.61. The highest BCUT2D eigenvalue weighted by atomic mass is 79.9. The number of fused-ring (bicyclic) bond motifs is 1. The number of aromatic amines is 1. The van der Waals surface area contributed by atoms with E-state index >= 15 is 0 Å². The minimum Gasteiger partial charge on any atom is -0.455 e. The van der Waals surface area contributed by atoms with Gasteiger partial charge in [-0.05, 0) is 52.7 Å². The van der Waals surface area contributed by atoms with Crippen molar-refractivity contribution in [3.8, 4) is 22.7 Å². The van der Waals surface area contributed by atoms with Crippen LogP contribution in [0, 0.1) is 13.8 Å². The molecular weight excluding hydrogens is 484 g/mol. The van der Waals surface area contributed by atoms with Crippen molar-refractivity contribution in [1.29, 1.82) is 0 Å². The Hall–Kier alpha value is -3.59. The predicted octanol–water partition coefficient (Wildman–Crippen LogP) is 4.83. The molecular formula is C24H21BrN6O2. The lowest BCUT2D eigenvalue weighted by atomic mass is 10.0. The fraction of sp³-hybridized carbons (Fsp3) is 0.208. The molecule has 8 nitrogen and oxygen atoms in total. The van der Waals surface area contributed by atoms with Crippen LogP contribution in [-0.2, 0) is 13.0 Å². The van der Waals surface area contributed by atoms with Crippen LogP contribution in [0.1, 0.15) is 29.6 Å². The van der Waals surface area contributed by atoms with Crippen molar-refractivity contribution in [1.82, 2.24) is 30.2 Å². The summed E-state index contributed by atoms with van der Waals surface area (Å²) >= 11 is 3.73. The Kier molecular flexibility index (Phi) is 5.41. The number of halogens is 1. The Morgan fingerprint density at radius 1 is 1.12 bits per heavy atom. The lowest BCUT2D eigenvalue weighted by Gasteiger charge is -2.13. The van der Waals surface area contributed by atoms with Crippen LogP contribution < -0.4 is 5.56 Å². The van der Waals surface area contributed by atoms with Crippen LogP contribution in [0.2, 0.25) is 0 Å². The summed E-state index contributed by atoms with van der Waals surface area (Å²) in [5.41, 5.74) is 4.86. The topological polar surface area (TPSA) is 102 Å². The van der Waals surface area contributed by atoms with Gasteiger partial charge in [0.05, 0.1) is 11.0 Å². The third-order valence-electron chi connectivity index (χ3n) is 5.82. The fourth-order valence-electron chi connectivity index (χ4n) is 3.97. The van der Waals surface area contributed by atoms with Crippen molar-refractivity contribution >= 4 is 26.9 Å². The fourth-order valence-corrected chi connectivity index (χ4v) is 4.57. The molecule has 166 valence electrons. The van der Waals surface area contributed by atoms with Crippen LogP contribution in [0.3, 0.4) is 0 Å². The number of nitrogens with zero attached hydrogens (tertiary/aromatic N) is 5. The molecule has 0 atom stereocenters. The molecule has 0 aliphatic heterocycles. The highest BCUT2D eigenvalue weighted by molar-refractivity contribution is 9.10. The van der Waals surface area contributed by atoms with Crippen molar-refractivity contribution in [2.75, 3.05) is 0 Å². The Morgan fingerprint density at radius 3 is 2.64 bits per heavy atom. The van der Waals surface area contributed by atoms with Gasteiger partial charge >= 0.3 is 0 Å². The Bertz CT molecular complexity index is 1540. The van der Waals surface area contributed by atoms with E-state index in [1.165, 1.54) is 0 Å². The number of furan rings is 1. The number of rotatable bonds is 5. The van der Waals surface area contributed by atoms with Crippen molar-refractivity contribution in [3.05, 3.63) is 79.9 Å². The lowest BCUT2D eigenvalue weighted by molar-refractivity contribution is 0.629. The van der Waals surface area contributed by atoms with E-state index in [9.17, 15) is 4.79 Å². The number of benzene rings is 2. The zero-order valence-electron chi connectivity index (χ0n) is 18.4. The normalized spacial score (nSPS) is 11.4. The highest BCUT2D eigenvalue weighted by Gasteiger charge is 2.20. The van der Waals surface area contributed by atoms with Gasteiger partial charge in [0.15, 0.2) is 0 Å². The van der Waals surface area contributed by atoms with Crippen LogP contribution in [0.5, 0.6) is 0 Å². The molecule has 5 aromatic rings. The standard InChI is InChI=1S/C24H21BrN6O2/c1-4-20-26-14(3)13(2)24(32)31(20)12-15-9-10-19-18(11-15)21(25)22(33-19)16-7-5-6-8-17(16)23-27-29-30-28-23/h5-11H,4,12H2,1-3H3,(H,27,28,29,30). The Morgan fingerprint density at radius 2 is 1.91 bits per heavy atom. The van der Waals surface area contributed by atoms with Crippen molar-refractivity contribution in [2.45, 2.75) is 33.7 Å². The van der Waals surface area contributed by atoms with Crippen molar-refractivity contribution in [3.63, 3.8) is 0 Å². The third kappa shape index (κ3) is 3.68. The predicted molar refractivity (Wildman–Crippen MR) is 129 cm³/mol. The molecule has 3 heterocycles. The molecule has 33 heavy (non-hydrogen) atoms. The zero-order valence-corrected chi connectivity index (χ0v) is 20.0. The number of nitrogens with one attached hydrogen (secondary N) is 1. The van der Waals surface area contributed by atoms with Gasteiger partial charge in [-0.15, -0.1) is 10.2 Å². The van der Waals surface area contributed by atoms with Gasteiger partial charge in [-0.1, -0.05) is 37.3 Å². The van der Waals surface area contributed by atoms with Gasteiger partial charge < -0.3 is 4.42 Å². The molecule has 5 rings (SSSR count). The second kappa shape index (κ2) is 8.40. The number of aryl methyl sites for hydroxylation is 2. The van der Waals surface area contributed by atoms with Gasteiger partial charge in [-0.25, -0.2) is 4.98 Å². The summed E-state index contributed by atoms with van der Waals surface area (Å²) < 4.78 is 8.80. The first kappa shape index (κ1) is 21.3. The van der Waals surface area contributed by atoms with Gasteiger partial charge in [-0.2, -0.15) is 5.21 Å². The molecule has 2 aromatic carbocycles. The van der Waals surface area contributed by atoms with E-state index in [0.717, 1.165) is 43.7 Å². The van der Waals surface area contributed by atoms with E-state index in [1.54, 1.807) is 4.57 Å². The summed E-state index contributed by atoms with van der Waals surface area (Å²) in [5, 5.41) is 15.3. The molecule has 0 saturated heterocycles. The van der Waals surface area contributed by atoms with E-state index in [2.05, 4.69) is 41.5 Å². The van der Waals surface area contributed by atoms with Crippen LogP contribution in [0.15, 0.2) is 56.1 Å². The second-order valence-electron chi connectivity index (χ2n) is 7.84. The molecule has 9 heteroatoms.